The average molecular weight is 413 g/mol. The second kappa shape index (κ2) is 7.25. The first-order valence-electron chi connectivity index (χ1n) is 7.25. The molecule has 1 heterocycles. The third-order valence-electron chi connectivity index (χ3n) is 3.66. The van der Waals surface area contributed by atoms with E-state index in [-0.39, 0.29) is 16.0 Å². The van der Waals surface area contributed by atoms with Crippen molar-refractivity contribution in [3.05, 3.63) is 46.2 Å². The maximum Gasteiger partial charge on any atom is 0.163 e. The summed E-state index contributed by atoms with van der Waals surface area (Å²) in [4.78, 5) is 0. The Morgan fingerprint density at radius 2 is 1.48 bits per heavy atom. The molecule has 0 spiro atoms. The molecule has 1 aromatic heterocycles. The average Bonchev–Trinajstić information content (AvgIpc) is 2.88. The van der Waals surface area contributed by atoms with E-state index in [9.17, 15) is 4.39 Å². The first-order valence-corrected chi connectivity index (χ1v) is 9.26. The molecule has 0 aliphatic carbocycles. The summed E-state index contributed by atoms with van der Waals surface area (Å²) < 4.78 is 16.1. The maximum absolute atomic E-state index is 14.1. The van der Waals surface area contributed by atoms with Crippen LogP contribution in [0.4, 0.5) is 4.39 Å². The van der Waals surface area contributed by atoms with Crippen molar-refractivity contribution in [2.75, 3.05) is 0 Å². The lowest BCUT2D eigenvalue weighted by Gasteiger charge is -2.06. The van der Waals surface area contributed by atoms with Gasteiger partial charge in [-0.15, -0.1) is 11.3 Å². The molecular weight excluding hydrogens is 399 g/mol. The molecule has 130 valence electrons. The van der Waals surface area contributed by atoms with Gasteiger partial charge in [-0.25, -0.2) is 4.39 Å². The van der Waals surface area contributed by atoms with Gasteiger partial charge in [0.2, 0.25) is 0 Å². The van der Waals surface area contributed by atoms with Crippen molar-refractivity contribution in [1.82, 2.24) is 10.6 Å². The summed E-state index contributed by atoms with van der Waals surface area (Å²) in [6.07, 6.45) is 0. The van der Waals surface area contributed by atoms with Gasteiger partial charge in [-0.1, -0.05) is 11.6 Å². The minimum absolute atomic E-state index is 0.169. The van der Waals surface area contributed by atoms with E-state index in [1.165, 1.54) is 12.1 Å². The van der Waals surface area contributed by atoms with Gasteiger partial charge in [0.1, 0.15) is 5.82 Å². The zero-order chi connectivity index (χ0) is 18.1. The van der Waals surface area contributed by atoms with E-state index in [1.807, 2.05) is 12.1 Å². The zero-order valence-corrected chi connectivity index (χ0v) is 16.1. The Bertz CT molecular complexity index is 924. The molecule has 0 amide bonds. The van der Waals surface area contributed by atoms with Gasteiger partial charge >= 0.3 is 0 Å². The van der Waals surface area contributed by atoms with Crippen molar-refractivity contribution in [2.45, 2.75) is 13.1 Å². The standard InChI is InChI=1S/C16H14ClFN4S3/c17-9-1-7(5-21-15(19)23)13-11(3-9)12-4-10(18)2-8(14(12)25-13)6-22-16(20)24/h1-4H,5-6H2,(H3,19,21,23)(H3,20,22,24). The minimum atomic E-state index is -0.324. The number of thiophene rings is 1. The van der Waals surface area contributed by atoms with Crippen LogP contribution in [0, 0.1) is 5.82 Å². The van der Waals surface area contributed by atoms with Gasteiger partial charge in [0.25, 0.3) is 0 Å². The summed E-state index contributed by atoms with van der Waals surface area (Å²) in [6, 6.07) is 6.69. The largest absolute Gasteiger partial charge is 0.376 e. The lowest BCUT2D eigenvalue weighted by atomic mass is 10.1. The highest BCUT2D eigenvalue weighted by molar-refractivity contribution is 7.80. The first-order chi connectivity index (χ1) is 11.8. The van der Waals surface area contributed by atoms with Crippen LogP contribution in [-0.4, -0.2) is 10.2 Å². The molecule has 0 saturated heterocycles. The molecule has 0 bridgehead atoms. The number of thiocarbonyl (C=S) groups is 2. The Morgan fingerprint density at radius 1 is 0.960 bits per heavy atom. The third-order valence-corrected chi connectivity index (χ3v) is 5.54. The lowest BCUT2D eigenvalue weighted by molar-refractivity contribution is 0.627. The fraction of sp³-hybridized carbons (Fsp3) is 0.125. The smallest absolute Gasteiger partial charge is 0.163 e. The Hall–Kier alpha value is -1.74. The summed E-state index contributed by atoms with van der Waals surface area (Å²) in [6.45, 7) is 0.798. The molecule has 3 rings (SSSR count). The number of hydrogen-bond donors (Lipinski definition) is 4. The minimum Gasteiger partial charge on any atom is -0.376 e. The normalized spacial score (nSPS) is 11.0. The molecule has 9 heteroatoms. The molecule has 4 nitrogen and oxygen atoms in total. The zero-order valence-electron chi connectivity index (χ0n) is 12.9. The predicted octanol–water partition coefficient (Wildman–Crippen LogP) is 3.51. The highest BCUT2D eigenvalue weighted by atomic mass is 35.5. The molecule has 25 heavy (non-hydrogen) atoms. The van der Waals surface area contributed by atoms with Gasteiger partial charge in [-0.3, -0.25) is 0 Å². The molecule has 0 aliphatic rings. The van der Waals surface area contributed by atoms with Crippen molar-refractivity contribution in [2.24, 2.45) is 11.5 Å². The molecule has 0 unspecified atom stereocenters. The van der Waals surface area contributed by atoms with E-state index in [0.29, 0.717) is 18.1 Å². The number of nitrogens with one attached hydrogen (secondary N) is 2. The monoisotopic (exact) mass is 412 g/mol. The summed E-state index contributed by atoms with van der Waals surface area (Å²) in [5.74, 6) is -0.324. The number of hydrogen-bond acceptors (Lipinski definition) is 3. The molecule has 0 saturated carbocycles. The Labute approximate surface area is 163 Å². The second-order valence-corrected chi connectivity index (χ2v) is 7.76. The molecule has 0 atom stereocenters. The fourth-order valence-electron chi connectivity index (χ4n) is 2.67. The molecule has 2 aromatic carbocycles. The van der Waals surface area contributed by atoms with Crippen LogP contribution >= 0.6 is 47.4 Å². The van der Waals surface area contributed by atoms with Gasteiger partial charge in [0.15, 0.2) is 10.2 Å². The Balaban J connectivity index is 2.20. The second-order valence-electron chi connectivity index (χ2n) is 5.42. The first kappa shape index (κ1) is 18.1. The SMILES string of the molecule is NC(=S)NCc1cc(F)cc2c1sc1c(CNC(N)=S)cc(Cl)cc12. The van der Waals surface area contributed by atoms with E-state index in [1.54, 1.807) is 11.3 Å². The quantitative estimate of drug-likeness (QED) is 0.491. The van der Waals surface area contributed by atoms with Crippen LogP contribution in [0.5, 0.6) is 0 Å². The van der Waals surface area contributed by atoms with Crippen LogP contribution < -0.4 is 22.1 Å². The Kier molecular flexibility index (Phi) is 5.24. The van der Waals surface area contributed by atoms with Gasteiger partial charge in [0.05, 0.1) is 0 Å². The molecule has 0 fully saturated rings. The highest BCUT2D eigenvalue weighted by Gasteiger charge is 2.15. The summed E-state index contributed by atoms with van der Waals surface area (Å²) >= 11 is 17.5. The van der Waals surface area contributed by atoms with Crippen LogP contribution in [0.1, 0.15) is 11.1 Å². The molecule has 0 aliphatic heterocycles. The van der Waals surface area contributed by atoms with Crippen molar-refractivity contribution in [3.63, 3.8) is 0 Å². The number of nitrogens with two attached hydrogens (primary N) is 2. The fourth-order valence-corrected chi connectivity index (χ4v) is 4.34. The number of halogens is 2. The van der Waals surface area contributed by atoms with E-state index < -0.39 is 0 Å². The third kappa shape index (κ3) is 3.92. The number of fused-ring (bicyclic) bond motifs is 3. The summed E-state index contributed by atoms with van der Waals surface area (Å²) in [7, 11) is 0. The molecule has 3 aromatic rings. The van der Waals surface area contributed by atoms with Crippen molar-refractivity contribution < 1.29 is 4.39 Å². The van der Waals surface area contributed by atoms with E-state index >= 15 is 0 Å². The van der Waals surface area contributed by atoms with Crippen LogP contribution in [0.3, 0.4) is 0 Å². The molecule has 0 radical (unpaired) electrons. The number of benzene rings is 2. The summed E-state index contributed by atoms with van der Waals surface area (Å²) in [5.41, 5.74) is 12.7. The predicted molar refractivity (Wildman–Crippen MR) is 112 cm³/mol. The Morgan fingerprint density at radius 3 is 2.04 bits per heavy atom. The van der Waals surface area contributed by atoms with Gasteiger partial charge in [-0.05, 0) is 59.8 Å². The van der Waals surface area contributed by atoms with Crippen LogP contribution in [0.25, 0.3) is 20.2 Å². The molecular formula is C16H14ClFN4S3. The maximum atomic E-state index is 14.1. The van der Waals surface area contributed by atoms with Crippen LogP contribution in [0.2, 0.25) is 5.02 Å². The van der Waals surface area contributed by atoms with E-state index in [0.717, 1.165) is 31.3 Å². The van der Waals surface area contributed by atoms with Crippen molar-refractivity contribution >= 4 is 77.8 Å². The van der Waals surface area contributed by atoms with Gasteiger partial charge in [-0.2, -0.15) is 0 Å². The van der Waals surface area contributed by atoms with Crippen molar-refractivity contribution in [1.29, 1.82) is 0 Å². The van der Waals surface area contributed by atoms with Crippen molar-refractivity contribution in [3.8, 4) is 0 Å². The highest BCUT2D eigenvalue weighted by Crippen LogP contribution is 2.40. The van der Waals surface area contributed by atoms with E-state index in [4.69, 9.17) is 47.5 Å². The topological polar surface area (TPSA) is 76.1 Å². The molecule has 6 N–H and O–H groups in total. The van der Waals surface area contributed by atoms with Gasteiger partial charge in [0, 0.05) is 38.3 Å². The number of rotatable bonds is 4. The van der Waals surface area contributed by atoms with E-state index in [2.05, 4.69) is 10.6 Å². The lowest BCUT2D eigenvalue weighted by Crippen LogP contribution is -2.28. The van der Waals surface area contributed by atoms with Crippen LogP contribution in [0.15, 0.2) is 24.3 Å². The summed E-state index contributed by atoms with van der Waals surface area (Å²) in [5, 5.41) is 8.44. The van der Waals surface area contributed by atoms with Gasteiger partial charge < -0.3 is 22.1 Å². The van der Waals surface area contributed by atoms with Crippen LogP contribution in [-0.2, 0) is 13.1 Å².